The molecule has 3 heteroatoms. The van der Waals surface area contributed by atoms with Crippen molar-refractivity contribution in [2.24, 2.45) is 0 Å². The van der Waals surface area contributed by atoms with E-state index in [1.54, 1.807) is 0 Å². The van der Waals surface area contributed by atoms with Gasteiger partial charge < -0.3 is 0 Å². The van der Waals surface area contributed by atoms with Gasteiger partial charge in [-0.2, -0.15) is 0 Å². The third kappa shape index (κ3) is 3.52. The Morgan fingerprint density at radius 2 is 0.895 bits per heavy atom. The molecule has 0 aromatic heterocycles. The monoisotopic (exact) mass is 404 g/mol. The summed E-state index contributed by atoms with van der Waals surface area (Å²) < 4.78 is 2.95. The second-order valence-electron chi connectivity index (χ2n) is 4.91. The first kappa shape index (κ1) is 15.3. The van der Waals surface area contributed by atoms with Crippen LogP contribution in [-0.4, -0.2) is 20.9 Å². The van der Waals surface area contributed by atoms with Crippen LogP contribution >= 0.6 is 25.3 Å². The standard InChI is InChI=1S/C16H18S2Te/c1-9-5-13(6-10(2)15(9)17)19-14-7-11(3)16(18)12(4)8-14/h5-8,17-18H,1-4H3. The first-order chi connectivity index (χ1) is 8.88. The van der Waals surface area contributed by atoms with E-state index in [1.807, 2.05) is 0 Å². The molecule has 0 aliphatic rings. The zero-order chi connectivity index (χ0) is 14.2. The summed E-state index contributed by atoms with van der Waals surface area (Å²) in [6.45, 7) is 8.55. The van der Waals surface area contributed by atoms with Gasteiger partial charge in [0.1, 0.15) is 0 Å². The van der Waals surface area contributed by atoms with Gasteiger partial charge in [-0.15, -0.1) is 0 Å². The van der Waals surface area contributed by atoms with Crippen molar-refractivity contribution in [3.63, 3.8) is 0 Å². The summed E-state index contributed by atoms with van der Waals surface area (Å²) >= 11 is 8.74. The van der Waals surface area contributed by atoms with Crippen LogP contribution in [0, 0.1) is 27.7 Å². The van der Waals surface area contributed by atoms with Gasteiger partial charge in [0.25, 0.3) is 0 Å². The molecule has 0 N–H and O–H groups in total. The van der Waals surface area contributed by atoms with Gasteiger partial charge in [0.15, 0.2) is 0 Å². The molecule has 2 aromatic rings. The number of rotatable bonds is 2. The molecule has 0 spiro atoms. The van der Waals surface area contributed by atoms with Crippen molar-refractivity contribution in [2.75, 3.05) is 0 Å². The quantitative estimate of drug-likeness (QED) is 0.560. The molecule has 2 aromatic carbocycles. The van der Waals surface area contributed by atoms with Crippen molar-refractivity contribution >= 4 is 53.4 Å². The molecule has 0 radical (unpaired) electrons. The van der Waals surface area contributed by atoms with E-state index in [2.05, 4.69) is 77.2 Å². The van der Waals surface area contributed by atoms with E-state index in [-0.39, 0.29) is 20.9 Å². The van der Waals surface area contributed by atoms with Crippen molar-refractivity contribution in [1.29, 1.82) is 0 Å². The summed E-state index contributed by atoms with van der Waals surface area (Å²) in [7, 11) is 0. The predicted octanol–water partition coefficient (Wildman–Crippen LogP) is 3.15. The number of aryl methyl sites for hydroxylation is 4. The number of thiol groups is 2. The Morgan fingerprint density at radius 3 is 1.16 bits per heavy atom. The summed E-state index contributed by atoms with van der Waals surface area (Å²) in [5.41, 5.74) is 5.12. The molecule has 0 heterocycles. The van der Waals surface area contributed by atoms with Crippen LogP contribution < -0.4 is 7.22 Å². The number of hydrogen-bond donors (Lipinski definition) is 2. The van der Waals surface area contributed by atoms with Gasteiger partial charge in [0.05, 0.1) is 0 Å². The molecule has 0 nitrogen and oxygen atoms in total. The van der Waals surface area contributed by atoms with Crippen molar-refractivity contribution in [3.8, 4) is 0 Å². The fraction of sp³-hybridized carbons (Fsp3) is 0.250. The van der Waals surface area contributed by atoms with Crippen LogP contribution in [0.1, 0.15) is 22.3 Å². The van der Waals surface area contributed by atoms with E-state index in [4.69, 9.17) is 0 Å². The third-order valence-electron chi connectivity index (χ3n) is 3.16. The van der Waals surface area contributed by atoms with Gasteiger partial charge in [0, 0.05) is 0 Å². The molecule has 19 heavy (non-hydrogen) atoms. The van der Waals surface area contributed by atoms with Gasteiger partial charge in [-0.25, -0.2) is 0 Å². The fourth-order valence-corrected chi connectivity index (χ4v) is 5.81. The average Bonchev–Trinajstić information content (AvgIpc) is 2.33. The zero-order valence-corrected chi connectivity index (χ0v) is 15.7. The van der Waals surface area contributed by atoms with Crippen LogP contribution in [0.3, 0.4) is 0 Å². The maximum absolute atomic E-state index is 4.54. The molecule has 2 rings (SSSR count). The second kappa shape index (κ2) is 6.14. The molecular formula is C16H18S2Te. The van der Waals surface area contributed by atoms with Crippen LogP contribution in [0.2, 0.25) is 0 Å². The van der Waals surface area contributed by atoms with Gasteiger partial charge in [0.2, 0.25) is 0 Å². The van der Waals surface area contributed by atoms with Crippen LogP contribution in [0.25, 0.3) is 0 Å². The molecule has 0 atom stereocenters. The first-order valence-corrected chi connectivity index (χ1v) is 9.39. The van der Waals surface area contributed by atoms with E-state index in [0.717, 1.165) is 9.79 Å². The predicted molar refractivity (Wildman–Crippen MR) is 91.4 cm³/mol. The van der Waals surface area contributed by atoms with Crippen molar-refractivity contribution in [2.45, 2.75) is 37.5 Å². The first-order valence-electron chi connectivity index (χ1n) is 6.16. The van der Waals surface area contributed by atoms with Gasteiger partial charge in [-0.3, -0.25) is 0 Å². The Hall–Kier alpha value is -0.0704. The Morgan fingerprint density at radius 1 is 0.632 bits per heavy atom. The maximum atomic E-state index is 4.54. The van der Waals surface area contributed by atoms with Gasteiger partial charge in [-0.05, 0) is 0 Å². The van der Waals surface area contributed by atoms with Crippen LogP contribution in [-0.2, 0) is 0 Å². The summed E-state index contributed by atoms with van der Waals surface area (Å²) in [6.07, 6.45) is 0. The van der Waals surface area contributed by atoms with Crippen molar-refractivity contribution in [3.05, 3.63) is 46.5 Å². The number of benzene rings is 2. The summed E-state index contributed by atoms with van der Waals surface area (Å²) in [5, 5.41) is 0. The Kier molecular flexibility index (Phi) is 4.95. The third-order valence-corrected chi connectivity index (χ3v) is 7.27. The summed E-state index contributed by atoms with van der Waals surface area (Å²) in [6, 6.07) is 9.15. The second-order valence-corrected chi connectivity index (χ2v) is 9.08. The van der Waals surface area contributed by atoms with E-state index in [1.165, 1.54) is 29.5 Å². The van der Waals surface area contributed by atoms with Gasteiger partial charge in [-0.1, -0.05) is 0 Å². The SMILES string of the molecule is Cc1cc([Te]c2cc(C)c(S)c(C)c2)cc(C)c1S. The van der Waals surface area contributed by atoms with E-state index >= 15 is 0 Å². The fourth-order valence-electron chi connectivity index (χ4n) is 2.09. The molecule has 100 valence electrons. The molecule has 0 aliphatic carbocycles. The molecule has 0 unspecified atom stereocenters. The molecule has 0 amide bonds. The topological polar surface area (TPSA) is 0 Å². The Balaban J connectivity index is 2.36. The molecule has 0 fully saturated rings. The average molecular weight is 402 g/mol. The normalized spacial score (nSPS) is 10.8. The molecule has 0 bridgehead atoms. The minimum absolute atomic E-state index is 0.331. The summed E-state index contributed by atoms with van der Waals surface area (Å²) in [4.78, 5) is 2.24. The van der Waals surface area contributed by atoms with Crippen LogP contribution in [0.4, 0.5) is 0 Å². The van der Waals surface area contributed by atoms with E-state index in [0.29, 0.717) is 0 Å². The molecule has 0 saturated heterocycles. The Bertz CT molecular complexity index is 531. The van der Waals surface area contributed by atoms with E-state index in [9.17, 15) is 0 Å². The summed E-state index contributed by atoms with van der Waals surface area (Å²) in [5.74, 6) is 0. The van der Waals surface area contributed by atoms with Gasteiger partial charge >= 0.3 is 137 Å². The van der Waals surface area contributed by atoms with E-state index < -0.39 is 0 Å². The Labute approximate surface area is 136 Å². The van der Waals surface area contributed by atoms with Crippen molar-refractivity contribution < 1.29 is 0 Å². The molecule has 0 aliphatic heterocycles. The van der Waals surface area contributed by atoms with Crippen LogP contribution in [0.5, 0.6) is 0 Å². The number of hydrogen-bond acceptors (Lipinski definition) is 2. The molecular weight excluding hydrogens is 384 g/mol. The van der Waals surface area contributed by atoms with Crippen LogP contribution in [0.15, 0.2) is 34.1 Å². The minimum atomic E-state index is -0.331. The zero-order valence-electron chi connectivity index (χ0n) is 11.6. The van der Waals surface area contributed by atoms with Crippen molar-refractivity contribution in [1.82, 2.24) is 0 Å². The molecule has 0 saturated carbocycles.